The summed E-state index contributed by atoms with van der Waals surface area (Å²) in [6.07, 6.45) is 4.96. The SMILES string of the molecule is CCOC(=O)[C@H]1[C@@H]2C(=O)N(CCCO)[C@H](C(=O)Nc3c(C)cccc3C)[C@H]2C=C[C@H]1CC. The number of para-hydroxylation sites is 1. The lowest BCUT2D eigenvalue weighted by Crippen LogP contribution is -2.45. The number of rotatable bonds is 8. The van der Waals surface area contributed by atoms with E-state index in [1.54, 1.807) is 11.8 Å². The number of hydrogen-bond acceptors (Lipinski definition) is 5. The molecule has 1 fully saturated rings. The van der Waals surface area contributed by atoms with Gasteiger partial charge in [-0.15, -0.1) is 0 Å². The number of aliphatic hydroxyl groups is 1. The third kappa shape index (κ3) is 4.44. The Hall–Kier alpha value is -2.67. The van der Waals surface area contributed by atoms with Crippen LogP contribution in [0.2, 0.25) is 0 Å². The molecule has 0 spiro atoms. The Morgan fingerprint density at radius 2 is 1.84 bits per heavy atom. The fourth-order valence-electron chi connectivity index (χ4n) is 5.14. The number of likely N-dealkylation sites (tertiary alicyclic amines) is 1. The first-order chi connectivity index (χ1) is 15.3. The van der Waals surface area contributed by atoms with Crippen LogP contribution in [0.15, 0.2) is 30.4 Å². The van der Waals surface area contributed by atoms with Crippen molar-refractivity contribution >= 4 is 23.5 Å². The largest absolute Gasteiger partial charge is 0.466 e. The summed E-state index contributed by atoms with van der Waals surface area (Å²) in [6, 6.07) is 5.04. The molecule has 1 aliphatic carbocycles. The summed E-state index contributed by atoms with van der Waals surface area (Å²) < 4.78 is 5.33. The summed E-state index contributed by atoms with van der Waals surface area (Å²) in [5, 5.41) is 12.4. The van der Waals surface area contributed by atoms with E-state index in [1.807, 2.05) is 51.1 Å². The van der Waals surface area contributed by atoms with Crippen LogP contribution >= 0.6 is 0 Å². The van der Waals surface area contributed by atoms with Crippen molar-refractivity contribution in [2.24, 2.45) is 23.7 Å². The maximum Gasteiger partial charge on any atom is 0.310 e. The van der Waals surface area contributed by atoms with E-state index in [0.717, 1.165) is 16.8 Å². The zero-order chi connectivity index (χ0) is 23.4. The normalized spacial score (nSPS) is 26.7. The van der Waals surface area contributed by atoms with E-state index in [4.69, 9.17) is 4.74 Å². The van der Waals surface area contributed by atoms with Crippen LogP contribution in [0, 0.1) is 37.5 Å². The average molecular weight is 443 g/mol. The van der Waals surface area contributed by atoms with Crippen molar-refractivity contribution in [1.82, 2.24) is 4.90 Å². The lowest BCUT2D eigenvalue weighted by Gasteiger charge is -2.33. The number of benzene rings is 1. The summed E-state index contributed by atoms with van der Waals surface area (Å²) in [4.78, 5) is 41.5. The molecule has 5 atom stereocenters. The molecule has 2 aliphatic rings. The molecule has 1 saturated heterocycles. The molecule has 3 rings (SSSR count). The second kappa shape index (κ2) is 10.3. The maximum atomic E-state index is 13.6. The molecule has 32 heavy (non-hydrogen) atoms. The number of ether oxygens (including phenoxy) is 1. The number of carbonyl (C=O) groups excluding carboxylic acids is 3. The molecule has 1 aromatic carbocycles. The molecule has 2 amide bonds. The van der Waals surface area contributed by atoms with E-state index in [0.29, 0.717) is 12.8 Å². The smallest absolute Gasteiger partial charge is 0.310 e. The van der Waals surface area contributed by atoms with Gasteiger partial charge in [0.15, 0.2) is 0 Å². The maximum absolute atomic E-state index is 13.6. The molecule has 0 radical (unpaired) electrons. The van der Waals surface area contributed by atoms with Gasteiger partial charge in [-0.05, 0) is 50.7 Å². The molecular formula is C25H34N2O5. The minimum Gasteiger partial charge on any atom is -0.466 e. The standard InChI is InChI=1S/C25H34N2O5/c1-5-17-11-12-18-20(19(17)25(31)32-6-2)24(30)27(13-8-14-28)22(18)23(29)26-21-15(3)9-7-10-16(21)4/h7,9-12,17-20,22,28H,5-6,8,13-14H2,1-4H3,(H,26,29)/t17-,18+,19-,20-,22+/m1/s1. The van der Waals surface area contributed by atoms with Crippen molar-refractivity contribution in [2.45, 2.75) is 46.6 Å². The fraction of sp³-hybridized carbons (Fsp3) is 0.560. The van der Waals surface area contributed by atoms with Crippen molar-refractivity contribution in [2.75, 3.05) is 25.1 Å². The lowest BCUT2D eigenvalue weighted by atomic mass is 9.69. The molecule has 7 heteroatoms. The summed E-state index contributed by atoms with van der Waals surface area (Å²) in [5.41, 5.74) is 2.62. The van der Waals surface area contributed by atoms with E-state index in [2.05, 4.69) is 5.32 Å². The predicted octanol–water partition coefficient (Wildman–Crippen LogP) is 2.84. The van der Waals surface area contributed by atoms with Crippen LogP contribution in [0.3, 0.4) is 0 Å². The molecule has 174 valence electrons. The molecule has 1 aromatic rings. The Labute approximate surface area is 189 Å². The van der Waals surface area contributed by atoms with Gasteiger partial charge in [-0.1, -0.05) is 37.3 Å². The Balaban J connectivity index is 1.99. The monoisotopic (exact) mass is 442 g/mol. The highest BCUT2D eigenvalue weighted by Gasteiger charge is 2.57. The van der Waals surface area contributed by atoms with E-state index in [-0.39, 0.29) is 43.5 Å². The molecule has 1 heterocycles. The predicted molar refractivity (Wildman–Crippen MR) is 122 cm³/mol. The summed E-state index contributed by atoms with van der Waals surface area (Å²) >= 11 is 0. The van der Waals surface area contributed by atoms with E-state index < -0.39 is 23.8 Å². The molecule has 0 aromatic heterocycles. The average Bonchev–Trinajstić information content (AvgIpc) is 3.05. The van der Waals surface area contributed by atoms with Gasteiger partial charge < -0.3 is 20.1 Å². The number of esters is 1. The number of hydrogen-bond donors (Lipinski definition) is 2. The first kappa shape index (κ1) is 24.0. The number of nitrogens with zero attached hydrogens (tertiary/aromatic N) is 1. The van der Waals surface area contributed by atoms with Gasteiger partial charge in [-0.2, -0.15) is 0 Å². The van der Waals surface area contributed by atoms with E-state index in [1.165, 1.54) is 0 Å². The van der Waals surface area contributed by atoms with Gasteiger partial charge in [0.1, 0.15) is 6.04 Å². The number of fused-ring (bicyclic) bond motifs is 1. The fourth-order valence-corrected chi connectivity index (χ4v) is 5.14. The quantitative estimate of drug-likeness (QED) is 0.477. The summed E-state index contributed by atoms with van der Waals surface area (Å²) in [6.45, 7) is 8.00. The number of carbonyl (C=O) groups is 3. The van der Waals surface area contributed by atoms with E-state index >= 15 is 0 Å². The topological polar surface area (TPSA) is 95.9 Å². The van der Waals surface area contributed by atoms with Crippen LogP contribution in [0.1, 0.15) is 37.8 Å². The first-order valence-corrected chi connectivity index (χ1v) is 11.5. The van der Waals surface area contributed by atoms with Gasteiger partial charge in [-0.25, -0.2) is 0 Å². The van der Waals surface area contributed by atoms with Gasteiger partial charge >= 0.3 is 5.97 Å². The van der Waals surface area contributed by atoms with Crippen LogP contribution in [0.4, 0.5) is 5.69 Å². The minimum absolute atomic E-state index is 0.0842. The van der Waals surface area contributed by atoms with E-state index in [9.17, 15) is 19.5 Å². The van der Waals surface area contributed by atoms with Crippen molar-refractivity contribution < 1.29 is 24.2 Å². The highest BCUT2D eigenvalue weighted by molar-refractivity contribution is 6.02. The molecular weight excluding hydrogens is 408 g/mol. The van der Waals surface area contributed by atoms with Crippen molar-refractivity contribution in [1.29, 1.82) is 0 Å². The third-order valence-corrected chi connectivity index (χ3v) is 6.70. The van der Waals surface area contributed by atoms with Crippen molar-refractivity contribution in [3.05, 3.63) is 41.5 Å². The zero-order valence-electron chi connectivity index (χ0n) is 19.3. The Morgan fingerprint density at radius 3 is 2.44 bits per heavy atom. The lowest BCUT2D eigenvalue weighted by molar-refractivity contribution is -0.155. The summed E-state index contributed by atoms with van der Waals surface area (Å²) in [5.74, 6) is -2.67. The number of aliphatic hydroxyl groups excluding tert-OH is 1. The zero-order valence-corrected chi connectivity index (χ0v) is 19.3. The van der Waals surface area contributed by atoms with Crippen LogP contribution in [-0.4, -0.2) is 53.6 Å². The molecule has 0 saturated carbocycles. The number of anilines is 1. The highest BCUT2D eigenvalue weighted by Crippen LogP contribution is 2.45. The Kier molecular flexibility index (Phi) is 7.72. The Bertz CT molecular complexity index is 876. The summed E-state index contributed by atoms with van der Waals surface area (Å²) in [7, 11) is 0. The van der Waals surface area contributed by atoms with Crippen molar-refractivity contribution in [3.8, 4) is 0 Å². The second-order valence-corrected chi connectivity index (χ2v) is 8.65. The number of nitrogens with one attached hydrogen (secondary N) is 1. The van der Waals surface area contributed by atoms with Gasteiger partial charge in [0.2, 0.25) is 11.8 Å². The second-order valence-electron chi connectivity index (χ2n) is 8.65. The van der Waals surface area contributed by atoms with Crippen LogP contribution in [0.5, 0.6) is 0 Å². The van der Waals surface area contributed by atoms with Crippen LogP contribution in [0.25, 0.3) is 0 Å². The van der Waals surface area contributed by atoms with Gasteiger partial charge in [-0.3, -0.25) is 14.4 Å². The van der Waals surface area contributed by atoms with Crippen LogP contribution < -0.4 is 5.32 Å². The molecule has 0 bridgehead atoms. The number of allylic oxidation sites excluding steroid dienone is 1. The first-order valence-electron chi connectivity index (χ1n) is 11.5. The van der Waals surface area contributed by atoms with Crippen LogP contribution in [-0.2, 0) is 19.1 Å². The number of aryl methyl sites for hydroxylation is 2. The minimum atomic E-state index is -0.746. The van der Waals surface area contributed by atoms with Gasteiger partial charge in [0.25, 0.3) is 0 Å². The van der Waals surface area contributed by atoms with Gasteiger partial charge in [0, 0.05) is 24.8 Å². The molecule has 1 aliphatic heterocycles. The molecule has 7 nitrogen and oxygen atoms in total. The van der Waals surface area contributed by atoms with Crippen molar-refractivity contribution in [3.63, 3.8) is 0 Å². The third-order valence-electron chi connectivity index (χ3n) is 6.70. The highest BCUT2D eigenvalue weighted by atomic mass is 16.5. The Morgan fingerprint density at radius 1 is 1.16 bits per heavy atom. The molecule has 0 unspecified atom stereocenters. The molecule has 2 N–H and O–H groups in total. The number of amides is 2. The van der Waals surface area contributed by atoms with Gasteiger partial charge in [0.05, 0.1) is 18.4 Å².